The number of esters is 1. The van der Waals surface area contributed by atoms with Crippen LogP contribution in [0.3, 0.4) is 0 Å². The van der Waals surface area contributed by atoms with Crippen LogP contribution in [-0.2, 0) is 21.9 Å². The minimum Gasteiger partial charge on any atom is -0.493 e. The van der Waals surface area contributed by atoms with E-state index in [0.29, 0.717) is 59.7 Å². The molecule has 0 saturated heterocycles. The van der Waals surface area contributed by atoms with Crippen molar-refractivity contribution in [3.63, 3.8) is 0 Å². The summed E-state index contributed by atoms with van der Waals surface area (Å²) >= 11 is 17.7. The van der Waals surface area contributed by atoms with Crippen LogP contribution < -0.4 is 14.8 Å². The lowest BCUT2D eigenvalue weighted by molar-refractivity contribution is -0.136. The highest BCUT2D eigenvalue weighted by Gasteiger charge is 2.36. The maximum atomic E-state index is 13.0. The van der Waals surface area contributed by atoms with Crippen LogP contribution in [0.25, 0.3) is 0 Å². The normalized spacial score (nSPS) is 14.3. The maximum absolute atomic E-state index is 13.0. The first-order chi connectivity index (χ1) is 19.8. The summed E-state index contributed by atoms with van der Waals surface area (Å²) in [5, 5.41) is 9.79. The third-order valence-electron chi connectivity index (χ3n) is 6.45. The lowest BCUT2D eigenvalue weighted by atomic mass is 9.95. The number of anilines is 1. The lowest BCUT2D eigenvalue weighted by Crippen LogP contribution is -2.29. The molecule has 5 rings (SSSR count). The predicted molar refractivity (Wildman–Crippen MR) is 164 cm³/mol. The first-order valence-corrected chi connectivity index (χ1v) is 15.0. The molecule has 0 fully saturated rings. The third-order valence-corrected chi connectivity index (χ3v) is 8.66. The van der Waals surface area contributed by atoms with Crippen molar-refractivity contribution in [2.24, 2.45) is 0 Å². The Morgan fingerprint density at radius 1 is 1.07 bits per heavy atom. The fourth-order valence-corrected chi connectivity index (χ4v) is 6.32. The fraction of sp³-hybridized carbons (Fsp3) is 0.207. The second-order valence-electron chi connectivity index (χ2n) is 9.01. The number of carbonyl (C=O) groups excluding carboxylic acids is 1. The lowest BCUT2D eigenvalue weighted by Gasteiger charge is -2.28. The molecule has 0 radical (unpaired) electrons. The van der Waals surface area contributed by atoms with Crippen molar-refractivity contribution in [3.8, 4) is 11.5 Å². The van der Waals surface area contributed by atoms with Gasteiger partial charge in [-0.25, -0.2) is 9.48 Å². The van der Waals surface area contributed by atoms with Gasteiger partial charge in [-0.15, -0.1) is 5.10 Å². The van der Waals surface area contributed by atoms with E-state index in [4.69, 9.17) is 42.5 Å². The summed E-state index contributed by atoms with van der Waals surface area (Å²) in [4.78, 5) is 17.7. The van der Waals surface area contributed by atoms with E-state index in [9.17, 15) is 4.79 Å². The molecule has 0 spiro atoms. The van der Waals surface area contributed by atoms with Gasteiger partial charge in [0.2, 0.25) is 11.1 Å². The molecule has 0 saturated carbocycles. The summed E-state index contributed by atoms with van der Waals surface area (Å²) < 4.78 is 19.3. The van der Waals surface area contributed by atoms with Gasteiger partial charge in [-0.3, -0.25) is 0 Å². The summed E-state index contributed by atoms with van der Waals surface area (Å²) in [6.45, 7) is 2.05. The van der Waals surface area contributed by atoms with Crippen molar-refractivity contribution in [1.29, 1.82) is 0 Å². The second kappa shape index (κ2) is 12.8. The van der Waals surface area contributed by atoms with E-state index in [-0.39, 0.29) is 6.61 Å². The van der Waals surface area contributed by atoms with Gasteiger partial charge in [0, 0.05) is 27.1 Å². The Hall–Kier alpha value is -3.18. The van der Waals surface area contributed by atoms with Crippen LogP contribution in [0, 0.1) is 0 Å². The van der Waals surface area contributed by atoms with Crippen LogP contribution in [0.1, 0.15) is 29.7 Å². The van der Waals surface area contributed by atoms with E-state index in [1.807, 2.05) is 60.7 Å². The summed E-state index contributed by atoms with van der Waals surface area (Å²) in [6, 6.07) is 18.2. The molecule has 0 bridgehead atoms. The predicted octanol–water partition coefficient (Wildman–Crippen LogP) is 7.69. The molecule has 3 aromatic carbocycles. The number of benzene rings is 3. The van der Waals surface area contributed by atoms with E-state index in [1.54, 1.807) is 18.7 Å². The summed E-state index contributed by atoms with van der Waals surface area (Å²) in [5.41, 5.74) is 3.53. The van der Waals surface area contributed by atoms with Gasteiger partial charge in [-0.2, -0.15) is 4.98 Å². The Morgan fingerprint density at radius 3 is 2.41 bits per heavy atom. The van der Waals surface area contributed by atoms with Crippen LogP contribution in [0.15, 0.2) is 81.6 Å². The van der Waals surface area contributed by atoms with Gasteiger partial charge in [-0.05, 0) is 58.2 Å². The van der Waals surface area contributed by atoms with Crippen LogP contribution in [0.4, 0.5) is 5.95 Å². The van der Waals surface area contributed by atoms with Crippen LogP contribution in [-0.4, -0.2) is 35.0 Å². The average Bonchev–Trinajstić information content (AvgIpc) is 3.37. The molecule has 1 aliphatic heterocycles. The second-order valence-corrected chi connectivity index (χ2v) is 11.6. The number of fused-ring (bicyclic) bond motifs is 1. The van der Waals surface area contributed by atoms with Gasteiger partial charge in [0.15, 0.2) is 11.5 Å². The van der Waals surface area contributed by atoms with Crippen LogP contribution in [0.5, 0.6) is 11.5 Å². The number of hydrogen-bond acceptors (Lipinski definition) is 8. The van der Waals surface area contributed by atoms with E-state index in [0.717, 1.165) is 11.1 Å². The average molecular weight is 676 g/mol. The molecule has 41 heavy (non-hydrogen) atoms. The standard InChI is InChI=1S/C29H25BrCl2N4O4S/c1-16-24(27(37)39-3)25(36-28(33-16)34-29(35-36)41-15-18-9-5-7-11-22(18)32)19-12-20(30)26(23(13-19)38-2)40-14-17-8-4-6-10-21(17)31/h4-13,25H,14-15H2,1-3H3,(H,33,34,35). The van der Waals surface area contributed by atoms with Gasteiger partial charge in [0.05, 0.1) is 24.3 Å². The SMILES string of the molecule is COC(=O)C1=C(C)Nc2nc(SCc3ccccc3Cl)nn2C1c1cc(Br)c(OCc2ccccc2Cl)c(OC)c1. The van der Waals surface area contributed by atoms with Crippen molar-refractivity contribution in [2.45, 2.75) is 30.5 Å². The smallest absolute Gasteiger partial charge is 0.338 e. The van der Waals surface area contributed by atoms with Gasteiger partial charge in [0.25, 0.3) is 0 Å². The zero-order valence-electron chi connectivity index (χ0n) is 22.3. The molecule has 1 atom stereocenters. The molecule has 0 aliphatic carbocycles. The van der Waals surface area contributed by atoms with E-state index in [2.05, 4.69) is 26.2 Å². The monoisotopic (exact) mass is 674 g/mol. The minimum absolute atomic E-state index is 0.243. The van der Waals surface area contributed by atoms with Gasteiger partial charge in [-0.1, -0.05) is 71.4 Å². The Bertz CT molecular complexity index is 1650. The minimum atomic E-state index is -0.649. The molecule has 12 heteroatoms. The number of allylic oxidation sites excluding steroid dienone is 1. The highest BCUT2D eigenvalue weighted by Crippen LogP contribution is 2.43. The Kier molecular flexibility index (Phi) is 9.13. The number of rotatable bonds is 9. The van der Waals surface area contributed by atoms with E-state index in [1.165, 1.54) is 18.9 Å². The Labute approximate surface area is 260 Å². The zero-order chi connectivity index (χ0) is 29.1. The summed E-state index contributed by atoms with van der Waals surface area (Å²) in [6.07, 6.45) is 0. The van der Waals surface area contributed by atoms with Crippen molar-refractivity contribution in [1.82, 2.24) is 14.8 Å². The molecular weight excluding hydrogens is 651 g/mol. The van der Waals surface area contributed by atoms with Crippen molar-refractivity contribution < 1.29 is 19.0 Å². The summed E-state index contributed by atoms with van der Waals surface area (Å²) in [5.74, 6) is 1.56. The molecule has 4 aromatic rings. The van der Waals surface area contributed by atoms with Gasteiger partial charge >= 0.3 is 5.97 Å². The Morgan fingerprint density at radius 2 is 1.76 bits per heavy atom. The fourth-order valence-electron chi connectivity index (χ4n) is 4.44. The molecule has 1 unspecified atom stereocenters. The van der Waals surface area contributed by atoms with Crippen LogP contribution >= 0.6 is 50.9 Å². The molecule has 8 nitrogen and oxygen atoms in total. The van der Waals surface area contributed by atoms with Gasteiger partial charge in [0.1, 0.15) is 12.6 Å². The number of halogens is 3. The number of carbonyl (C=O) groups is 1. The zero-order valence-corrected chi connectivity index (χ0v) is 26.2. The first-order valence-electron chi connectivity index (χ1n) is 12.4. The first kappa shape index (κ1) is 29.3. The molecule has 0 amide bonds. The number of nitrogens with one attached hydrogen (secondary N) is 1. The number of nitrogens with zero attached hydrogens (tertiary/aromatic N) is 3. The molecule has 1 N–H and O–H groups in total. The molecule has 2 heterocycles. The molecule has 1 aliphatic rings. The number of ether oxygens (including phenoxy) is 3. The Balaban J connectivity index is 1.51. The largest absolute Gasteiger partial charge is 0.493 e. The quantitative estimate of drug-likeness (QED) is 0.143. The van der Waals surface area contributed by atoms with Crippen LogP contribution in [0.2, 0.25) is 10.0 Å². The highest BCUT2D eigenvalue weighted by molar-refractivity contribution is 9.10. The third kappa shape index (κ3) is 6.21. The molecule has 212 valence electrons. The number of hydrogen-bond donors (Lipinski definition) is 1. The highest BCUT2D eigenvalue weighted by atomic mass is 79.9. The van der Waals surface area contributed by atoms with Crippen molar-refractivity contribution in [2.75, 3.05) is 19.5 Å². The number of aromatic nitrogens is 3. The van der Waals surface area contributed by atoms with Crippen molar-refractivity contribution >= 4 is 62.8 Å². The van der Waals surface area contributed by atoms with E-state index < -0.39 is 12.0 Å². The number of methoxy groups -OCH3 is 2. The summed E-state index contributed by atoms with van der Waals surface area (Å²) in [7, 11) is 2.91. The maximum Gasteiger partial charge on any atom is 0.338 e. The molecule has 1 aromatic heterocycles. The number of thioether (sulfide) groups is 1. The topological polar surface area (TPSA) is 87.5 Å². The van der Waals surface area contributed by atoms with Gasteiger partial charge < -0.3 is 19.5 Å². The van der Waals surface area contributed by atoms with E-state index >= 15 is 0 Å². The van der Waals surface area contributed by atoms with Crippen molar-refractivity contribution in [3.05, 3.63) is 103 Å². The molecular formula is C29H25BrCl2N4O4S.